The number of benzene rings is 1. The molecule has 0 aliphatic heterocycles. The molecule has 10 nitrogen and oxygen atoms in total. The van der Waals surface area contributed by atoms with E-state index in [9.17, 15) is 19.2 Å². The highest BCUT2D eigenvalue weighted by Gasteiger charge is 2.21. The predicted octanol–water partition coefficient (Wildman–Crippen LogP) is 1.62. The molecule has 2 heterocycles. The van der Waals surface area contributed by atoms with Gasteiger partial charge in [0.15, 0.2) is 6.61 Å². The van der Waals surface area contributed by atoms with Crippen LogP contribution in [0.1, 0.15) is 32.9 Å². The molecule has 0 aliphatic rings. The number of nitrogen functional groups attached to an aromatic ring is 1. The third-order valence-corrected chi connectivity index (χ3v) is 5.80. The molecule has 0 spiro atoms. The first-order chi connectivity index (χ1) is 16.0. The van der Waals surface area contributed by atoms with Crippen LogP contribution in [0.5, 0.6) is 0 Å². The molecule has 1 aromatic carbocycles. The molecule has 0 saturated carbocycles. The Morgan fingerprint density at radius 1 is 1.15 bits per heavy atom. The lowest BCUT2D eigenvalue weighted by Gasteiger charge is -2.10. The fourth-order valence-electron chi connectivity index (χ4n) is 3.42. The van der Waals surface area contributed by atoms with Gasteiger partial charge >= 0.3 is 11.7 Å². The Morgan fingerprint density at radius 2 is 1.82 bits per heavy atom. The van der Waals surface area contributed by atoms with E-state index in [-0.39, 0.29) is 5.82 Å². The molecule has 0 unspecified atom stereocenters. The molecule has 11 heteroatoms. The Kier molecular flexibility index (Phi) is 7.21. The first kappa shape index (κ1) is 24.7. The maximum absolute atomic E-state index is 12.5. The highest BCUT2D eigenvalue weighted by atomic mass is 35.5. The summed E-state index contributed by atoms with van der Waals surface area (Å²) in [5.74, 6) is -1.89. The van der Waals surface area contributed by atoms with E-state index >= 15 is 0 Å². The third kappa shape index (κ3) is 4.86. The Morgan fingerprint density at radius 3 is 2.50 bits per heavy atom. The second-order valence-electron chi connectivity index (χ2n) is 7.66. The van der Waals surface area contributed by atoms with Crippen molar-refractivity contribution in [2.24, 2.45) is 14.1 Å². The number of nitrogens with two attached hydrogens (primary N) is 1. The third-order valence-electron chi connectivity index (χ3n) is 5.44. The molecule has 0 atom stereocenters. The number of Topliss-reactive ketones (excluding diaryl/α,β-unsaturated/α-hetero) is 1. The van der Waals surface area contributed by atoms with Crippen molar-refractivity contribution in [1.82, 2.24) is 18.9 Å². The number of rotatable bonds is 7. The molecule has 3 aromatic rings. The monoisotopic (exact) mass is 485 g/mol. The minimum absolute atomic E-state index is 0.290. The van der Waals surface area contributed by atoms with Crippen molar-refractivity contribution >= 4 is 35.2 Å². The molecule has 0 bridgehead atoms. The Hall–Kier alpha value is -3.92. The van der Waals surface area contributed by atoms with Crippen LogP contribution in [0.4, 0.5) is 5.82 Å². The van der Waals surface area contributed by atoms with E-state index in [0.717, 1.165) is 26.0 Å². The summed E-state index contributed by atoms with van der Waals surface area (Å²) in [6.07, 6.45) is 2.72. The maximum atomic E-state index is 12.5. The van der Waals surface area contributed by atoms with E-state index in [4.69, 9.17) is 22.1 Å². The van der Waals surface area contributed by atoms with Gasteiger partial charge in [0, 0.05) is 36.5 Å². The Bertz CT molecular complexity index is 1430. The summed E-state index contributed by atoms with van der Waals surface area (Å²) in [6, 6.07) is 7.46. The second kappa shape index (κ2) is 9.92. The summed E-state index contributed by atoms with van der Waals surface area (Å²) < 4.78 is 8.50. The number of carbonyl (C=O) groups excluding carboxylic acids is 2. The molecule has 0 saturated heterocycles. The fraction of sp³-hybridized carbons (Fsp3) is 0.261. The van der Waals surface area contributed by atoms with E-state index in [1.807, 2.05) is 32.0 Å². The van der Waals surface area contributed by atoms with Gasteiger partial charge in [0.25, 0.3) is 5.56 Å². The molecule has 0 aliphatic carbocycles. The summed E-state index contributed by atoms with van der Waals surface area (Å²) >= 11 is 6.24. The van der Waals surface area contributed by atoms with E-state index in [1.54, 1.807) is 16.8 Å². The van der Waals surface area contributed by atoms with Gasteiger partial charge in [-0.05, 0) is 31.6 Å². The van der Waals surface area contributed by atoms with E-state index in [2.05, 4.69) is 5.10 Å². The van der Waals surface area contributed by atoms with Gasteiger partial charge in [-0.2, -0.15) is 5.10 Å². The molecule has 0 radical (unpaired) electrons. The Balaban J connectivity index is 1.71. The van der Waals surface area contributed by atoms with Crippen LogP contribution < -0.4 is 17.0 Å². The topological polar surface area (TPSA) is 131 Å². The quantitative estimate of drug-likeness (QED) is 0.305. The van der Waals surface area contributed by atoms with Gasteiger partial charge in [-0.3, -0.25) is 23.4 Å². The molecule has 2 N–H and O–H groups in total. The van der Waals surface area contributed by atoms with Gasteiger partial charge in [-0.25, -0.2) is 9.59 Å². The number of aromatic nitrogens is 4. The number of hydrogen-bond acceptors (Lipinski definition) is 7. The average Bonchev–Trinajstić information content (AvgIpc) is 3.07. The van der Waals surface area contributed by atoms with Crippen molar-refractivity contribution in [2.45, 2.75) is 20.4 Å². The molecule has 3 rings (SSSR count). The van der Waals surface area contributed by atoms with Crippen LogP contribution in [0.25, 0.3) is 6.08 Å². The number of aryl methyl sites for hydroxylation is 1. The summed E-state index contributed by atoms with van der Waals surface area (Å²) in [5, 5.41) is 5.14. The van der Waals surface area contributed by atoms with Crippen molar-refractivity contribution in [1.29, 1.82) is 0 Å². The highest BCUT2D eigenvalue weighted by Crippen LogP contribution is 2.20. The van der Waals surface area contributed by atoms with Gasteiger partial charge < -0.3 is 10.5 Å². The fourth-order valence-corrected chi connectivity index (χ4v) is 3.62. The molecule has 34 heavy (non-hydrogen) atoms. The summed E-state index contributed by atoms with van der Waals surface area (Å²) in [5.41, 5.74) is 6.98. The number of hydrogen-bond donors (Lipinski definition) is 1. The zero-order valence-electron chi connectivity index (χ0n) is 19.2. The van der Waals surface area contributed by atoms with Gasteiger partial charge in [0.2, 0.25) is 5.78 Å². The summed E-state index contributed by atoms with van der Waals surface area (Å²) in [7, 11) is 2.56. The molecule has 0 amide bonds. The van der Waals surface area contributed by atoms with Gasteiger partial charge in [-0.15, -0.1) is 0 Å². The average molecular weight is 486 g/mol. The van der Waals surface area contributed by atoms with Crippen LogP contribution in [0, 0.1) is 13.8 Å². The van der Waals surface area contributed by atoms with Crippen LogP contribution in [0.3, 0.4) is 0 Å². The van der Waals surface area contributed by atoms with Crippen molar-refractivity contribution in [3.05, 3.63) is 84.3 Å². The van der Waals surface area contributed by atoms with Crippen LogP contribution in [0.15, 0.2) is 39.9 Å². The molecular formula is C23H24ClN5O5. The van der Waals surface area contributed by atoms with E-state index in [1.165, 1.54) is 20.2 Å². The largest absolute Gasteiger partial charge is 0.454 e. The number of carbonyl (C=O) groups is 2. The number of anilines is 1. The minimum Gasteiger partial charge on any atom is -0.454 e. The number of esters is 1. The SMILES string of the molecule is Cc1nn(Cc2ccccc2Cl)c(C)c1C=CC(=O)OCC(=O)c1c(N)n(C)c(=O)n(C)c1=O. The van der Waals surface area contributed by atoms with Crippen molar-refractivity contribution in [2.75, 3.05) is 12.3 Å². The number of halogens is 1. The molecular weight excluding hydrogens is 462 g/mol. The van der Waals surface area contributed by atoms with Gasteiger partial charge in [0.1, 0.15) is 11.4 Å². The summed E-state index contributed by atoms with van der Waals surface area (Å²) in [6.45, 7) is 3.44. The Labute approximate surface area is 199 Å². The maximum Gasteiger partial charge on any atom is 0.332 e. The second-order valence-corrected chi connectivity index (χ2v) is 8.07. The zero-order chi connectivity index (χ0) is 25.2. The van der Waals surface area contributed by atoms with Crippen LogP contribution >= 0.6 is 11.6 Å². The first-order valence-electron chi connectivity index (χ1n) is 10.2. The molecule has 0 fully saturated rings. The van der Waals surface area contributed by atoms with Crippen molar-refractivity contribution < 1.29 is 14.3 Å². The lowest BCUT2D eigenvalue weighted by Crippen LogP contribution is -2.42. The van der Waals surface area contributed by atoms with Gasteiger partial charge in [0.05, 0.1) is 12.2 Å². The van der Waals surface area contributed by atoms with E-state index in [0.29, 0.717) is 17.3 Å². The smallest absolute Gasteiger partial charge is 0.332 e. The van der Waals surface area contributed by atoms with Gasteiger partial charge in [-0.1, -0.05) is 29.8 Å². The van der Waals surface area contributed by atoms with Crippen molar-refractivity contribution in [3.8, 4) is 0 Å². The zero-order valence-corrected chi connectivity index (χ0v) is 19.9. The van der Waals surface area contributed by atoms with Crippen LogP contribution in [-0.2, 0) is 30.2 Å². The van der Waals surface area contributed by atoms with E-state index < -0.39 is 35.2 Å². The highest BCUT2D eigenvalue weighted by molar-refractivity contribution is 6.31. The van der Waals surface area contributed by atoms with Crippen molar-refractivity contribution in [3.63, 3.8) is 0 Å². The molecule has 178 valence electrons. The van der Waals surface area contributed by atoms with Crippen LogP contribution in [-0.4, -0.2) is 37.3 Å². The number of nitrogens with zero attached hydrogens (tertiary/aromatic N) is 4. The molecule has 2 aromatic heterocycles. The number of ether oxygens (including phenoxy) is 1. The summed E-state index contributed by atoms with van der Waals surface area (Å²) in [4.78, 5) is 48.8. The standard InChI is InChI=1S/C23H24ClN5O5/c1-13-16(14(2)29(26-13)11-15-7-5-6-8-17(15)24)9-10-19(31)34-12-18(30)20-21(25)27(3)23(33)28(4)22(20)32/h5-10H,11-12,25H2,1-4H3. The first-order valence-corrected chi connectivity index (χ1v) is 10.6. The lowest BCUT2D eigenvalue weighted by molar-refractivity contribution is -0.136. The lowest BCUT2D eigenvalue weighted by atomic mass is 10.1. The van der Waals surface area contributed by atoms with Crippen LogP contribution in [0.2, 0.25) is 5.02 Å². The normalized spacial score (nSPS) is 11.2. The number of ketones is 1. The predicted molar refractivity (Wildman–Crippen MR) is 128 cm³/mol. The minimum atomic E-state index is -0.852.